The Morgan fingerprint density at radius 1 is 1.28 bits per heavy atom. The topological polar surface area (TPSA) is 85.9 Å². The van der Waals surface area contributed by atoms with Gasteiger partial charge in [-0.2, -0.15) is 5.10 Å². The molecule has 0 saturated heterocycles. The van der Waals surface area contributed by atoms with Gasteiger partial charge in [0.15, 0.2) is 16.6 Å². The van der Waals surface area contributed by atoms with Gasteiger partial charge < -0.3 is 15.2 Å². The van der Waals surface area contributed by atoms with Gasteiger partial charge in [0.25, 0.3) is 0 Å². The van der Waals surface area contributed by atoms with Gasteiger partial charge in [-0.05, 0) is 67.2 Å². The molecule has 0 saturated carbocycles. The number of nitrogens with one attached hydrogen (secondary N) is 1. The number of hydrazone groups is 1. The predicted molar refractivity (Wildman–Crippen MR) is 102 cm³/mol. The molecule has 0 radical (unpaired) electrons. The van der Waals surface area contributed by atoms with Crippen molar-refractivity contribution in [1.29, 1.82) is 0 Å². The Hall–Kier alpha value is -2.64. The summed E-state index contributed by atoms with van der Waals surface area (Å²) in [5, 5.41) is 4.48. The molecule has 0 aliphatic rings. The zero-order chi connectivity index (χ0) is 18.2. The minimum atomic E-state index is -0.505. The van der Waals surface area contributed by atoms with Gasteiger partial charge in [-0.25, -0.2) is 4.79 Å². The Kier molecular flexibility index (Phi) is 6.73. The molecule has 0 bridgehead atoms. The van der Waals surface area contributed by atoms with Crippen molar-refractivity contribution >= 4 is 41.1 Å². The number of halogens is 1. The van der Waals surface area contributed by atoms with E-state index < -0.39 is 5.97 Å². The molecule has 0 spiro atoms. The summed E-state index contributed by atoms with van der Waals surface area (Å²) in [7, 11) is 0. The van der Waals surface area contributed by atoms with Crippen LogP contribution in [-0.2, 0) is 0 Å². The second kappa shape index (κ2) is 9.00. The monoisotopic (exact) mass is 377 g/mol. The maximum Gasteiger partial charge on any atom is 0.343 e. The lowest BCUT2D eigenvalue weighted by atomic mass is 10.2. The zero-order valence-corrected chi connectivity index (χ0v) is 14.9. The Morgan fingerprint density at radius 2 is 2.00 bits per heavy atom. The third kappa shape index (κ3) is 5.74. The van der Waals surface area contributed by atoms with E-state index in [1.807, 2.05) is 6.92 Å². The number of rotatable bonds is 6. The van der Waals surface area contributed by atoms with E-state index in [-0.39, 0.29) is 5.11 Å². The van der Waals surface area contributed by atoms with Crippen LogP contribution in [0, 0.1) is 0 Å². The highest BCUT2D eigenvalue weighted by Gasteiger charge is 2.13. The first-order valence-electron chi connectivity index (χ1n) is 7.32. The molecule has 6 nitrogen and oxygen atoms in total. The molecular formula is C17H16ClN3O3S. The molecule has 0 unspecified atom stereocenters. The smallest absolute Gasteiger partial charge is 0.343 e. The van der Waals surface area contributed by atoms with E-state index >= 15 is 0 Å². The molecule has 3 N–H and O–H groups in total. The number of carbonyl (C=O) groups excluding carboxylic acids is 1. The first-order valence-corrected chi connectivity index (χ1v) is 8.11. The Bertz CT molecular complexity index is 794. The molecule has 0 aliphatic heterocycles. The van der Waals surface area contributed by atoms with Crippen LogP contribution in [0.3, 0.4) is 0 Å². The summed E-state index contributed by atoms with van der Waals surface area (Å²) in [5.41, 5.74) is 8.86. The van der Waals surface area contributed by atoms with E-state index in [2.05, 4.69) is 22.7 Å². The Balaban J connectivity index is 2.18. The number of ether oxygens (including phenoxy) is 2. The van der Waals surface area contributed by atoms with Crippen LogP contribution >= 0.6 is 23.8 Å². The summed E-state index contributed by atoms with van der Waals surface area (Å²) < 4.78 is 10.9. The lowest BCUT2D eigenvalue weighted by Gasteiger charge is -2.11. The van der Waals surface area contributed by atoms with Gasteiger partial charge in [0.05, 0.1) is 18.4 Å². The summed E-state index contributed by atoms with van der Waals surface area (Å²) in [6.45, 7) is 2.25. The second-order valence-electron chi connectivity index (χ2n) is 4.77. The molecule has 0 amide bonds. The predicted octanol–water partition coefficient (Wildman–Crippen LogP) is 3.13. The third-order valence-electron chi connectivity index (χ3n) is 2.94. The van der Waals surface area contributed by atoms with Crippen LogP contribution < -0.4 is 20.6 Å². The number of thiocarbonyl (C=S) groups is 1. The highest BCUT2D eigenvalue weighted by molar-refractivity contribution is 7.80. The van der Waals surface area contributed by atoms with Crippen molar-refractivity contribution < 1.29 is 14.3 Å². The van der Waals surface area contributed by atoms with Gasteiger partial charge >= 0.3 is 5.97 Å². The van der Waals surface area contributed by atoms with Gasteiger partial charge in [-0.3, -0.25) is 5.43 Å². The second-order valence-corrected chi connectivity index (χ2v) is 5.65. The molecule has 130 valence electrons. The van der Waals surface area contributed by atoms with Crippen LogP contribution in [0.2, 0.25) is 5.02 Å². The van der Waals surface area contributed by atoms with Gasteiger partial charge in [-0.1, -0.05) is 11.6 Å². The lowest BCUT2D eigenvalue weighted by molar-refractivity contribution is 0.0728. The van der Waals surface area contributed by atoms with E-state index in [9.17, 15) is 4.79 Å². The average Bonchev–Trinajstić information content (AvgIpc) is 2.57. The molecule has 2 rings (SSSR count). The van der Waals surface area contributed by atoms with Crippen molar-refractivity contribution in [2.24, 2.45) is 10.8 Å². The van der Waals surface area contributed by atoms with Gasteiger partial charge in [0.2, 0.25) is 0 Å². The van der Waals surface area contributed by atoms with E-state index in [0.717, 1.165) is 5.56 Å². The van der Waals surface area contributed by atoms with Crippen molar-refractivity contribution in [2.45, 2.75) is 6.92 Å². The quantitative estimate of drug-likeness (QED) is 0.264. The normalized spacial score (nSPS) is 10.5. The molecule has 0 atom stereocenters. The molecule has 0 aromatic heterocycles. The Labute approximate surface area is 155 Å². The minimum absolute atomic E-state index is 0.0646. The van der Waals surface area contributed by atoms with Crippen LogP contribution in [-0.4, -0.2) is 23.9 Å². The van der Waals surface area contributed by atoms with Crippen molar-refractivity contribution in [3.8, 4) is 11.5 Å². The van der Waals surface area contributed by atoms with Crippen LogP contribution in [0.4, 0.5) is 0 Å². The number of nitrogens with two attached hydrogens (primary N) is 1. The number of hydrogen-bond donors (Lipinski definition) is 2. The zero-order valence-electron chi connectivity index (χ0n) is 13.4. The lowest BCUT2D eigenvalue weighted by Crippen LogP contribution is -2.23. The number of carbonyl (C=O) groups is 1. The van der Waals surface area contributed by atoms with E-state index in [0.29, 0.717) is 28.7 Å². The Morgan fingerprint density at radius 3 is 2.64 bits per heavy atom. The van der Waals surface area contributed by atoms with E-state index in [1.165, 1.54) is 6.21 Å². The fourth-order valence-corrected chi connectivity index (χ4v) is 2.05. The molecule has 0 aliphatic carbocycles. The first kappa shape index (κ1) is 18.7. The third-order valence-corrected chi connectivity index (χ3v) is 3.28. The highest BCUT2D eigenvalue weighted by atomic mass is 35.5. The molecule has 2 aromatic carbocycles. The van der Waals surface area contributed by atoms with E-state index in [1.54, 1.807) is 42.5 Å². The van der Waals surface area contributed by atoms with Crippen molar-refractivity contribution in [1.82, 2.24) is 5.43 Å². The number of nitrogens with zero attached hydrogens (tertiary/aromatic N) is 1. The minimum Gasteiger partial charge on any atom is -0.490 e. The molecule has 25 heavy (non-hydrogen) atoms. The highest BCUT2D eigenvalue weighted by Crippen LogP contribution is 2.29. The average molecular weight is 378 g/mol. The summed E-state index contributed by atoms with van der Waals surface area (Å²) in [5.74, 6) is 0.222. The van der Waals surface area contributed by atoms with Crippen LogP contribution in [0.15, 0.2) is 47.6 Å². The molecule has 2 aromatic rings. The maximum atomic E-state index is 12.2. The van der Waals surface area contributed by atoms with Gasteiger partial charge in [-0.15, -0.1) is 0 Å². The van der Waals surface area contributed by atoms with Gasteiger partial charge in [0.1, 0.15) is 0 Å². The summed E-state index contributed by atoms with van der Waals surface area (Å²) >= 11 is 10.5. The van der Waals surface area contributed by atoms with Crippen LogP contribution in [0.1, 0.15) is 22.8 Å². The van der Waals surface area contributed by atoms with Crippen LogP contribution in [0.25, 0.3) is 0 Å². The molecule has 0 fully saturated rings. The molecule has 0 heterocycles. The molecule has 8 heteroatoms. The van der Waals surface area contributed by atoms with E-state index in [4.69, 9.17) is 26.8 Å². The largest absolute Gasteiger partial charge is 0.490 e. The van der Waals surface area contributed by atoms with Crippen molar-refractivity contribution in [3.05, 3.63) is 58.6 Å². The number of benzene rings is 2. The maximum absolute atomic E-state index is 12.2. The first-order chi connectivity index (χ1) is 12.0. The fraction of sp³-hybridized carbons (Fsp3) is 0.118. The number of esters is 1. The fourth-order valence-electron chi connectivity index (χ4n) is 1.87. The summed E-state index contributed by atoms with van der Waals surface area (Å²) in [6, 6.07) is 11.5. The van der Waals surface area contributed by atoms with Crippen molar-refractivity contribution in [3.63, 3.8) is 0 Å². The van der Waals surface area contributed by atoms with Crippen LogP contribution in [0.5, 0.6) is 11.5 Å². The SMILES string of the molecule is CCOc1cc(/C=N\NC(N)=S)ccc1OC(=O)c1ccc(Cl)cc1. The van der Waals surface area contributed by atoms with Crippen molar-refractivity contribution in [2.75, 3.05) is 6.61 Å². The summed E-state index contributed by atoms with van der Waals surface area (Å²) in [6.07, 6.45) is 1.52. The summed E-state index contributed by atoms with van der Waals surface area (Å²) in [4.78, 5) is 12.2. The standard InChI is InChI=1S/C17H16ClN3O3S/c1-2-23-15-9-11(10-20-21-17(19)25)3-8-14(15)24-16(22)12-4-6-13(18)7-5-12/h3-10H,2H2,1H3,(H3,19,21,25)/b20-10-. The van der Waals surface area contributed by atoms with Gasteiger partial charge in [0, 0.05) is 5.02 Å². The molecular weight excluding hydrogens is 362 g/mol. The number of hydrogen-bond acceptors (Lipinski definition) is 5.